The van der Waals surface area contributed by atoms with Crippen molar-refractivity contribution in [3.8, 4) is 17.2 Å². The van der Waals surface area contributed by atoms with Gasteiger partial charge >= 0.3 is 5.97 Å². The van der Waals surface area contributed by atoms with Crippen molar-refractivity contribution in [2.45, 2.75) is 26.3 Å². The Labute approximate surface area is 214 Å². The van der Waals surface area contributed by atoms with Gasteiger partial charge in [0.05, 0.1) is 31.4 Å². The van der Waals surface area contributed by atoms with Crippen LogP contribution in [0.2, 0.25) is 0 Å². The van der Waals surface area contributed by atoms with Crippen LogP contribution in [0.3, 0.4) is 0 Å². The first-order valence-corrected chi connectivity index (χ1v) is 11.7. The van der Waals surface area contributed by atoms with E-state index in [-0.39, 0.29) is 11.1 Å². The predicted octanol–water partition coefficient (Wildman–Crippen LogP) is 4.82. The summed E-state index contributed by atoms with van der Waals surface area (Å²) in [5.41, 5.74) is 2.23. The molecule has 1 aliphatic heterocycles. The third-order valence-electron chi connectivity index (χ3n) is 6.19. The van der Waals surface area contributed by atoms with Gasteiger partial charge in [-0.2, -0.15) is 0 Å². The minimum absolute atomic E-state index is 0.101. The quantitative estimate of drug-likeness (QED) is 0.163. The number of ketones is 1. The number of carbonyl (C=O) groups excluding carboxylic acids is 3. The molecule has 0 spiro atoms. The fourth-order valence-corrected chi connectivity index (χ4v) is 4.33. The van der Waals surface area contributed by atoms with Gasteiger partial charge < -0.3 is 19.3 Å². The van der Waals surface area contributed by atoms with Gasteiger partial charge in [-0.05, 0) is 60.0 Å². The Morgan fingerprint density at radius 2 is 1.57 bits per heavy atom. The third-order valence-corrected chi connectivity index (χ3v) is 6.19. The number of ether oxygens (including phenoxy) is 3. The van der Waals surface area contributed by atoms with Crippen molar-refractivity contribution in [2.24, 2.45) is 0 Å². The molecule has 4 rings (SSSR count). The smallest absolute Gasteiger partial charge is 0.308 e. The molecule has 1 N–H and O–H groups in total. The Morgan fingerprint density at radius 3 is 2.14 bits per heavy atom. The molecule has 1 fully saturated rings. The molecule has 37 heavy (non-hydrogen) atoms. The summed E-state index contributed by atoms with van der Waals surface area (Å²) < 4.78 is 15.8. The average molecular weight is 502 g/mol. The summed E-state index contributed by atoms with van der Waals surface area (Å²) in [5.74, 6) is -1.42. The molecule has 190 valence electrons. The van der Waals surface area contributed by atoms with E-state index in [0.717, 1.165) is 12.0 Å². The number of aliphatic hydroxyl groups is 1. The SMILES string of the molecule is CCc1ccc(N2C(=O)C(=O)/C(=C(/O)c3cc(OC)ccc3OC)C2c2ccc(OC(C)=O)cc2)cc1. The number of aliphatic hydroxyl groups excluding tert-OH is 1. The van der Waals surface area contributed by atoms with Crippen LogP contribution >= 0.6 is 0 Å². The number of nitrogens with zero attached hydrogens (tertiary/aromatic N) is 1. The summed E-state index contributed by atoms with van der Waals surface area (Å²) >= 11 is 0. The highest BCUT2D eigenvalue weighted by molar-refractivity contribution is 6.51. The number of esters is 1. The van der Waals surface area contributed by atoms with E-state index in [4.69, 9.17) is 14.2 Å². The Morgan fingerprint density at radius 1 is 0.919 bits per heavy atom. The lowest BCUT2D eigenvalue weighted by Gasteiger charge is -2.26. The molecule has 0 radical (unpaired) electrons. The topological polar surface area (TPSA) is 102 Å². The summed E-state index contributed by atoms with van der Waals surface area (Å²) in [6, 6.07) is 17.6. The number of Topliss-reactive ketones (excluding diaryl/α,β-unsaturated/α-hetero) is 1. The fourth-order valence-electron chi connectivity index (χ4n) is 4.33. The maximum atomic E-state index is 13.4. The molecule has 1 amide bonds. The number of carbonyl (C=O) groups is 3. The van der Waals surface area contributed by atoms with Crippen LogP contribution in [0.4, 0.5) is 5.69 Å². The lowest BCUT2D eigenvalue weighted by atomic mass is 9.94. The molecule has 1 heterocycles. The molecule has 0 aromatic heterocycles. The first-order valence-electron chi connectivity index (χ1n) is 11.7. The van der Waals surface area contributed by atoms with Gasteiger partial charge in [0, 0.05) is 12.6 Å². The zero-order valence-corrected chi connectivity index (χ0v) is 21.0. The van der Waals surface area contributed by atoms with Gasteiger partial charge in [0.1, 0.15) is 23.0 Å². The van der Waals surface area contributed by atoms with Crippen molar-refractivity contribution in [1.29, 1.82) is 0 Å². The minimum Gasteiger partial charge on any atom is -0.507 e. The predicted molar refractivity (Wildman–Crippen MR) is 138 cm³/mol. The van der Waals surface area contributed by atoms with Crippen LogP contribution < -0.4 is 19.1 Å². The summed E-state index contributed by atoms with van der Waals surface area (Å²) in [6.45, 7) is 3.32. The van der Waals surface area contributed by atoms with Crippen molar-refractivity contribution in [3.05, 3.63) is 89.0 Å². The van der Waals surface area contributed by atoms with Gasteiger partial charge in [0.2, 0.25) is 0 Å². The number of methoxy groups -OCH3 is 2. The number of aryl methyl sites for hydroxylation is 1. The van der Waals surface area contributed by atoms with Gasteiger partial charge in [-0.3, -0.25) is 19.3 Å². The molecule has 3 aromatic rings. The summed E-state index contributed by atoms with van der Waals surface area (Å²) in [4.78, 5) is 39.5. The first kappa shape index (κ1) is 25.5. The van der Waals surface area contributed by atoms with E-state index in [1.165, 1.54) is 26.0 Å². The number of hydrogen-bond donors (Lipinski definition) is 1. The van der Waals surface area contributed by atoms with Crippen LogP contribution in [-0.2, 0) is 20.8 Å². The lowest BCUT2D eigenvalue weighted by Crippen LogP contribution is -2.29. The molecular weight excluding hydrogens is 474 g/mol. The summed E-state index contributed by atoms with van der Waals surface area (Å²) in [5, 5.41) is 11.5. The molecule has 1 atom stereocenters. The standard InChI is InChI=1S/C29H27NO7/c1-5-18-6-10-20(11-7-18)30-26(19-8-12-21(13-9-19)37-17(2)31)25(28(33)29(30)34)27(32)23-16-22(35-3)14-15-24(23)36-4/h6-16,26,32H,5H2,1-4H3/b27-25+. The second kappa shape index (κ2) is 10.6. The van der Waals surface area contributed by atoms with Gasteiger partial charge in [0.15, 0.2) is 0 Å². The molecule has 1 aliphatic rings. The highest BCUT2D eigenvalue weighted by Gasteiger charge is 2.47. The van der Waals surface area contributed by atoms with Gasteiger partial charge in [-0.1, -0.05) is 31.2 Å². The maximum Gasteiger partial charge on any atom is 0.308 e. The van der Waals surface area contributed by atoms with E-state index in [2.05, 4.69) is 0 Å². The van der Waals surface area contributed by atoms with Crippen molar-refractivity contribution in [2.75, 3.05) is 19.1 Å². The van der Waals surface area contributed by atoms with Crippen LogP contribution in [0, 0.1) is 0 Å². The van der Waals surface area contributed by atoms with E-state index < -0.39 is 29.5 Å². The fraction of sp³-hybridized carbons (Fsp3) is 0.207. The molecule has 0 bridgehead atoms. The van der Waals surface area contributed by atoms with Crippen LogP contribution in [0.1, 0.15) is 36.6 Å². The Hall–Kier alpha value is -4.59. The van der Waals surface area contributed by atoms with Crippen molar-refractivity contribution >= 4 is 29.1 Å². The maximum absolute atomic E-state index is 13.4. The average Bonchev–Trinajstić information content (AvgIpc) is 3.18. The van der Waals surface area contributed by atoms with Crippen LogP contribution in [0.5, 0.6) is 17.2 Å². The minimum atomic E-state index is -0.949. The molecular formula is C29H27NO7. The number of benzene rings is 3. The highest BCUT2D eigenvalue weighted by Crippen LogP contribution is 2.44. The number of rotatable bonds is 7. The van der Waals surface area contributed by atoms with Gasteiger partial charge in [0.25, 0.3) is 11.7 Å². The zero-order chi connectivity index (χ0) is 26.7. The number of hydrogen-bond acceptors (Lipinski definition) is 7. The largest absolute Gasteiger partial charge is 0.507 e. The monoisotopic (exact) mass is 501 g/mol. The second-order valence-electron chi connectivity index (χ2n) is 8.42. The van der Waals surface area contributed by atoms with Gasteiger partial charge in [-0.15, -0.1) is 0 Å². The summed E-state index contributed by atoms with van der Waals surface area (Å²) in [7, 11) is 2.92. The van der Waals surface area contributed by atoms with Crippen molar-refractivity contribution in [3.63, 3.8) is 0 Å². The normalized spacial score (nSPS) is 16.5. The first-order chi connectivity index (χ1) is 17.8. The molecule has 1 unspecified atom stereocenters. The Bertz CT molecular complexity index is 1370. The van der Waals surface area contributed by atoms with Crippen LogP contribution in [-0.4, -0.2) is 37.0 Å². The third kappa shape index (κ3) is 4.91. The lowest BCUT2D eigenvalue weighted by molar-refractivity contribution is -0.132. The van der Waals surface area contributed by atoms with Crippen LogP contribution in [0.25, 0.3) is 5.76 Å². The van der Waals surface area contributed by atoms with Crippen molar-refractivity contribution < 1.29 is 33.7 Å². The van der Waals surface area contributed by atoms with E-state index in [1.54, 1.807) is 54.6 Å². The molecule has 1 saturated heterocycles. The summed E-state index contributed by atoms with van der Waals surface area (Å²) in [6.07, 6.45) is 0.815. The Kier molecular flexibility index (Phi) is 7.29. The molecule has 8 nitrogen and oxygen atoms in total. The van der Waals surface area contributed by atoms with Crippen molar-refractivity contribution in [1.82, 2.24) is 0 Å². The number of amides is 1. The van der Waals surface area contributed by atoms with E-state index >= 15 is 0 Å². The molecule has 8 heteroatoms. The van der Waals surface area contributed by atoms with Crippen LogP contribution in [0.15, 0.2) is 72.3 Å². The molecule has 0 saturated carbocycles. The molecule has 3 aromatic carbocycles. The number of anilines is 1. The van der Waals surface area contributed by atoms with Gasteiger partial charge in [-0.25, -0.2) is 0 Å². The molecule has 0 aliphatic carbocycles. The second-order valence-corrected chi connectivity index (χ2v) is 8.42. The van der Waals surface area contributed by atoms with E-state index in [1.807, 2.05) is 19.1 Å². The Balaban J connectivity index is 1.93. The van der Waals surface area contributed by atoms with E-state index in [9.17, 15) is 19.5 Å². The highest BCUT2D eigenvalue weighted by atomic mass is 16.5. The zero-order valence-electron chi connectivity index (χ0n) is 21.0. The van der Waals surface area contributed by atoms with E-state index in [0.29, 0.717) is 28.5 Å².